The highest BCUT2D eigenvalue weighted by Crippen LogP contribution is 2.16. The van der Waals surface area contributed by atoms with Crippen molar-refractivity contribution in [3.8, 4) is 0 Å². The second kappa shape index (κ2) is 6.54. The average Bonchev–Trinajstić information content (AvgIpc) is 2.80. The Morgan fingerprint density at radius 3 is 2.78 bits per heavy atom. The summed E-state index contributed by atoms with van der Waals surface area (Å²) >= 11 is 0. The fraction of sp³-hybridized carbons (Fsp3) is 0.692. The largest absolute Gasteiger partial charge is 0.468 e. The van der Waals surface area contributed by atoms with Gasteiger partial charge in [0, 0.05) is 25.0 Å². The molecule has 0 fully saturated rings. The van der Waals surface area contributed by atoms with Gasteiger partial charge in [0.15, 0.2) is 0 Å². The molecule has 0 bridgehead atoms. The van der Waals surface area contributed by atoms with E-state index >= 15 is 0 Å². The Morgan fingerprint density at radius 2 is 2.28 bits per heavy atom. The maximum atomic E-state index is 11.9. The molecule has 0 aliphatic rings. The summed E-state index contributed by atoms with van der Waals surface area (Å²) in [7, 11) is 1.43. The molecule has 18 heavy (non-hydrogen) atoms. The highest BCUT2D eigenvalue weighted by molar-refractivity contribution is 5.80. The first-order valence-electron chi connectivity index (χ1n) is 6.30. The van der Waals surface area contributed by atoms with Gasteiger partial charge in [0.25, 0.3) is 0 Å². The Labute approximate surface area is 109 Å². The number of methoxy groups -OCH3 is 1. The monoisotopic (exact) mass is 253 g/mol. The summed E-state index contributed by atoms with van der Waals surface area (Å²) in [6.45, 7) is 6.80. The van der Waals surface area contributed by atoms with Crippen molar-refractivity contribution < 1.29 is 9.53 Å². The minimum atomic E-state index is -0.622. The van der Waals surface area contributed by atoms with Gasteiger partial charge in [-0.25, -0.2) is 4.98 Å². The minimum Gasteiger partial charge on any atom is -0.468 e. The first-order chi connectivity index (χ1) is 8.48. The lowest BCUT2D eigenvalue weighted by molar-refractivity contribution is -0.148. The normalized spacial score (nSPS) is 14.5. The number of nitrogens with zero attached hydrogens (tertiary/aromatic N) is 2. The molecule has 1 heterocycles. The Hall–Kier alpha value is -1.36. The molecule has 1 aromatic heterocycles. The molecule has 0 radical (unpaired) electrons. The van der Waals surface area contributed by atoms with E-state index in [1.54, 1.807) is 12.5 Å². The van der Waals surface area contributed by atoms with E-state index < -0.39 is 5.54 Å². The van der Waals surface area contributed by atoms with Gasteiger partial charge in [0.05, 0.1) is 13.4 Å². The second-order valence-electron chi connectivity index (χ2n) is 5.03. The van der Waals surface area contributed by atoms with E-state index in [1.807, 2.05) is 31.5 Å². The summed E-state index contributed by atoms with van der Waals surface area (Å²) in [4.78, 5) is 15.9. The quantitative estimate of drug-likeness (QED) is 0.750. The van der Waals surface area contributed by atoms with Crippen molar-refractivity contribution >= 4 is 5.97 Å². The third kappa shape index (κ3) is 4.14. The van der Waals surface area contributed by atoms with Crippen LogP contribution in [0.1, 0.15) is 33.6 Å². The molecule has 0 saturated carbocycles. The van der Waals surface area contributed by atoms with Crippen molar-refractivity contribution in [3.05, 3.63) is 18.7 Å². The van der Waals surface area contributed by atoms with Crippen LogP contribution < -0.4 is 5.32 Å². The predicted molar refractivity (Wildman–Crippen MR) is 70.2 cm³/mol. The number of aromatic nitrogens is 2. The standard InChI is InChI=1S/C13H23N3O2/c1-11(2)15-13(3,12(17)18-4)6-5-8-16-9-7-14-10-16/h7,9-11,15H,5-6,8H2,1-4H3. The summed E-state index contributed by atoms with van der Waals surface area (Å²) in [6, 6.07) is 0.238. The van der Waals surface area contributed by atoms with Crippen LogP contribution in [0.3, 0.4) is 0 Å². The molecular formula is C13H23N3O2. The molecule has 1 aromatic rings. The third-order valence-electron chi connectivity index (χ3n) is 2.90. The van der Waals surface area contributed by atoms with Crippen molar-refractivity contribution in [2.45, 2.75) is 51.7 Å². The number of esters is 1. The van der Waals surface area contributed by atoms with Gasteiger partial charge in [0.2, 0.25) is 0 Å². The van der Waals surface area contributed by atoms with Crippen LogP contribution in [0.25, 0.3) is 0 Å². The Morgan fingerprint density at radius 1 is 1.56 bits per heavy atom. The molecule has 1 N–H and O–H groups in total. The van der Waals surface area contributed by atoms with E-state index in [0.717, 1.165) is 19.4 Å². The van der Waals surface area contributed by atoms with E-state index in [2.05, 4.69) is 10.3 Å². The number of hydrogen-bond donors (Lipinski definition) is 1. The van der Waals surface area contributed by atoms with Gasteiger partial charge in [-0.05, 0) is 33.6 Å². The van der Waals surface area contributed by atoms with Crippen LogP contribution in [-0.2, 0) is 16.1 Å². The van der Waals surface area contributed by atoms with Gasteiger partial charge in [-0.15, -0.1) is 0 Å². The molecule has 0 saturated heterocycles. The van der Waals surface area contributed by atoms with Crippen molar-refractivity contribution in [2.75, 3.05) is 7.11 Å². The zero-order chi connectivity index (χ0) is 13.6. The van der Waals surface area contributed by atoms with Gasteiger partial charge >= 0.3 is 5.97 Å². The average molecular weight is 253 g/mol. The number of carbonyl (C=O) groups is 1. The zero-order valence-corrected chi connectivity index (χ0v) is 11.6. The number of imidazole rings is 1. The number of nitrogens with one attached hydrogen (secondary N) is 1. The van der Waals surface area contributed by atoms with E-state index in [4.69, 9.17) is 4.74 Å². The molecule has 102 valence electrons. The Bertz CT molecular complexity index is 362. The fourth-order valence-electron chi connectivity index (χ4n) is 2.13. The van der Waals surface area contributed by atoms with Crippen molar-refractivity contribution in [1.29, 1.82) is 0 Å². The smallest absolute Gasteiger partial charge is 0.325 e. The minimum absolute atomic E-state index is 0.207. The maximum absolute atomic E-state index is 11.9. The van der Waals surface area contributed by atoms with Gasteiger partial charge in [-0.2, -0.15) is 0 Å². The van der Waals surface area contributed by atoms with E-state index in [-0.39, 0.29) is 12.0 Å². The number of aryl methyl sites for hydroxylation is 1. The summed E-state index contributed by atoms with van der Waals surface area (Å²) < 4.78 is 6.89. The predicted octanol–water partition coefficient (Wildman–Crippen LogP) is 1.59. The summed E-state index contributed by atoms with van der Waals surface area (Å²) in [5.41, 5.74) is -0.622. The second-order valence-corrected chi connectivity index (χ2v) is 5.03. The summed E-state index contributed by atoms with van der Waals surface area (Å²) in [6.07, 6.45) is 7.08. The van der Waals surface area contributed by atoms with Crippen LogP contribution in [0.5, 0.6) is 0 Å². The molecule has 1 rings (SSSR count). The number of rotatable bonds is 7. The van der Waals surface area contributed by atoms with E-state index in [0.29, 0.717) is 0 Å². The lowest BCUT2D eigenvalue weighted by Crippen LogP contribution is -2.53. The lowest BCUT2D eigenvalue weighted by atomic mass is 9.94. The Kier molecular flexibility index (Phi) is 5.34. The number of ether oxygens (including phenoxy) is 1. The topological polar surface area (TPSA) is 56.2 Å². The molecule has 5 nitrogen and oxygen atoms in total. The maximum Gasteiger partial charge on any atom is 0.325 e. The highest BCUT2D eigenvalue weighted by atomic mass is 16.5. The molecule has 0 aromatic carbocycles. The molecule has 0 aliphatic carbocycles. The zero-order valence-electron chi connectivity index (χ0n) is 11.6. The van der Waals surface area contributed by atoms with E-state index in [1.165, 1.54) is 7.11 Å². The van der Waals surface area contributed by atoms with Gasteiger partial charge < -0.3 is 9.30 Å². The fourth-order valence-corrected chi connectivity index (χ4v) is 2.13. The van der Waals surface area contributed by atoms with Crippen LogP contribution in [0, 0.1) is 0 Å². The molecule has 0 spiro atoms. The first kappa shape index (κ1) is 14.7. The molecule has 1 unspecified atom stereocenters. The SMILES string of the molecule is COC(=O)C(C)(CCCn1ccnc1)NC(C)C. The van der Waals surface area contributed by atoms with Gasteiger partial charge in [-0.1, -0.05) is 0 Å². The number of hydrogen-bond acceptors (Lipinski definition) is 4. The van der Waals surface area contributed by atoms with Crippen LogP contribution >= 0.6 is 0 Å². The van der Waals surface area contributed by atoms with Crippen LogP contribution in [0.4, 0.5) is 0 Å². The first-order valence-corrected chi connectivity index (χ1v) is 6.30. The van der Waals surface area contributed by atoms with Gasteiger partial charge in [-0.3, -0.25) is 10.1 Å². The number of carbonyl (C=O) groups excluding carboxylic acids is 1. The van der Waals surface area contributed by atoms with Crippen molar-refractivity contribution in [2.24, 2.45) is 0 Å². The van der Waals surface area contributed by atoms with Crippen molar-refractivity contribution in [3.63, 3.8) is 0 Å². The van der Waals surface area contributed by atoms with E-state index in [9.17, 15) is 4.79 Å². The summed E-state index contributed by atoms with van der Waals surface area (Å²) in [5.74, 6) is -0.207. The molecule has 5 heteroatoms. The third-order valence-corrected chi connectivity index (χ3v) is 2.90. The molecule has 1 atom stereocenters. The van der Waals surface area contributed by atoms with Crippen LogP contribution in [-0.4, -0.2) is 34.2 Å². The van der Waals surface area contributed by atoms with Crippen molar-refractivity contribution in [1.82, 2.24) is 14.9 Å². The molecular weight excluding hydrogens is 230 g/mol. The summed E-state index contributed by atoms with van der Waals surface area (Å²) in [5, 5.41) is 3.29. The molecule has 0 aliphatic heterocycles. The van der Waals surface area contributed by atoms with Crippen LogP contribution in [0.2, 0.25) is 0 Å². The lowest BCUT2D eigenvalue weighted by Gasteiger charge is -2.30. The van der Waals surface area contributed by atoms with Crippen LogP contribution in [0.15, 0.2) is 18.7 Å². The van der Waals surface area contributed by atoms with Gasteiger partial charge in [0.1, 0.15) is 5.54 Å². The Balaban J connectivity index is 2.53. The highest BCUT2D eigenvalue weighted by Gasteiger charge is 2.33. The molecule has 0 amide bonds.